The van der Waals surface area contributed by atoms with E-state index in [1.54, 1.807) is 23.6 Å². The fraction of sp³-hybridized carbons (Fsp3) is 0.190. The minimum atomic E-state index is -0.569. The average Bonchev–Trinajstić information content (AvgIpc) is 2.97. The van der Waals surface area contributed by atoms with Crippen LogP contribution in [0.2, 0.25) is 0 Å². The lowest BCUT2D eigenvalue weighted by Gasteiger charge is -2.09. The Morgan fingerprint density at radius 2 is 1.89 bits per heavy atom. The fourth-order valence-corrected chi connectivity index (χ4v) is 3.11. The first kappa shape index (κ1) is 17.9. The molecule has 0 saturated heterocycles. The molecule has 0 radical (unpaired) electrons. The zero-order chi connectivity index (χ0) is 19.8. The molecule has 28 heavy (non-hydrogen) atoms. The lowest BCUT2D eigenvalue weighted by atomic mass is 10.2. The number of hydrogen-bond acceptors (Lipinski definition) is 5. The molecule has 0 unspecified atom stereocenters. The monoisotopic (exact) mass is 378 g/mol. The van der Waals surface area contributed by atoms with Gasteiger partial charge in [0.1, 0.15) is 22.7 Å². The number of para-hydroxylation sites is 2. The first-order chi connectivity index (χ1) is 13.5. The van der Waals surface area contributed by atoms with E-state index in [1.807, 2.05) is 31.2 Å². The Morgan fingerprint density at radius 1 is 1.18 bits per heavy atom. The molecule has 0 atom stereocenters. The maximum absolute atomic E-state index is 14.2. The third-order valence-corrected chi connectivity index (χ3v) is 4.55. The van der Waals surface area contributed by atoms with Gasteiger partial charge in [-0.25, -0.2) is 19.2 Å². The largest absolute Gasteiger partial charge is 0.462 e. The third kappa shape index (κ3) is 2.85. The first-order valence-electron chi connectivity index (χ1n) is 9.01. The molecule has 2 heterocycles. The number of nitrogens with zero attached hydrogens (tertiary/aromatic N) is 3. The van der Waals surface area contributed by atoms with Crippen molar-refractivity contribution in [3.8, 4) is 5.69 Å². The summed E-state index contributed by atoms with van der Waals surface area (Å²) in [5, 5.41) is 0. The lowest BCUT2D eigenvalue weighted by Crippen LogP contribution is -2.10. The van der Waals surface area contributed by atoms with Gasteiger partial charge in [0.15, 0.2) is 5.65 Å². The van der Waals surface area contributed by atoms with Crippen LogP contribution in [0.15, 0.2) is 42.5 Å². The maximum Gasteiger partial charge on any atom is 0.344 e. The van der Waals surface area contributed by atoms with Gasteiger partial charge in [0.2, 0.25) is 0 Å². The highest BCUT2D eigenvalue weighted by Gasteiger charge is 2.26. The third-order valence-electron chi connectivity index (χ3n) is 4.55. The number of halogens is 1. The molecule has 7 heteroatoms. The number of nitrogens with two attached hydrogens (primary N) is 1. The van der Waals surface area contributed by atoms with Gasteiger partial charge in [0, 0.05) is 0 Å². The Hall–Kier alpha value is -3.48. The number of benzene rings is 2. The number of esters is 1. The summed E-state index contributed by atoms with van der Waals surface area (Å²) in [6.45, 7) is 3.85. The van der Waals surface area contributed by atoms with Crippen LogP contribution in [0.1, 0.15) is 29.3 Å². The molecule has 0 aliphatic carbocycles. The summed E-state index contributed by atoms with van der Waals surface area (Å²) >= 11 is 0. The molecule has 0 aliphatic rings. The number of fused-ring (bicyclic) bond motifs is 2. The van der Waals surface area contributed by atoms with Crippen molar-refractivity contribution in [2.24, 2.45) is 0 Å². The van der Waals surface area contributed by atoms with Crippen molar-refractivity contribution in [1.29, 1.82) is 0 Å². The van der Waals surface area contributed by atoms with Crippen molar-refractivity contribution in [2.75, 3.05) is 12.3 Å². The molecular weight excluding hydrogens is 359 g/mol. The zero-order valence-electron chi connectivity index (χ0n) is 15.6. The Morgan fingerprint density at radius 3 is 2.57 bits per heavy atom. The highest BCUT2D eigenvalue weighted by atomic mass is 19.1. The minimum absolute atomic E-state index is 0.120. The molecule has 0 saturated carbocycles. The van der Waals surface area contributed by atoms with Crippen LogP contribution < -0.4 is 5.73 Å². The van der Waals surface area contributed by atoms with Gasteiger partial charge in [0.05, 0.1) is 23.3 Å². The SMILES string of the molecule is CCCOC(=O)c1c(N)n(-c2ccc(C)c(F)c2)c2nc3ccccc3nc12. The zero-order valence-corrected chi connectivity index (χ0v) is 15.6. The number of carbonyl (C=O) groups is 1. The number of ether oxygens (including phenoxy) is 1. The molecule has 2 aromatic heterocycles. The summed E-state index contributed by atoms with van der Waals surface area (Å²) < 4.78 is 21.0. The van der Waals surface area contributed by atoms with Crippen molar-refractivity contribution in [3.05, 3.63) is 59.4 Å². The van der Waals surface area contributed by atoms with Gasteiger partial charge in [-0.2, -0.15) is 0 Å². The van der Waals surface area contributed by atoms with Gasteiger partial charge in [-0.15, -0.1) is 0 Å². The van der Waals surface area contributed by atoms with Crippen molar-refractivity contribution < 1.29 is 13.9 Å². The lowest BCUT2D eigenvalue weighted by molar-refractivity contribution is 0.0508. The Labute approximate surface area is 160 Å². The predicted octanol–water partition coefficient (Wildman–Crippen LogP) is 4.17. The Balaban J connectivity index is 2.05. The molecule has 0 bridgehead atoms. The maximum atomic E-state index is 14.2. The second-order valence-corrected chi connectivity index (χ2v) is 6.55. The molecule has 2 N–H and O–H groups in total. The highest BCUT2D eigenvalue weighted by Crippen LogP contribution is 2.32. The van der Waals surface area contributed by atoms with E-state index < -0.39 is 5.97 Å². The van der Waals surface area contributed by atoms with E-state index in [1.165, 1.54) is 6.07 Å². The summed E-state index contributed by atoms with van der Waals surface area (Å²) in [7, 11) is 0. The van der Waals surface area contributed by atoms with Crippen LogP contribution in [-0.2, 0) is 4.74 Å². The standard InChI is InChI=1S/C21H19FN4O2/c1-3-10-28-21(27)17-18-20(25-16-7-5-4-6-15(16)24-18)26(19(17)23)13-9-8-12(2)14(22)11-13/h4-9,11H,3,10,23H2,1-2H3. The molecule has 0 spiro atoms. The summed E-state index contributed by atoms with van der Waals surface area (Å²) in [5.74, 6) is -0.822. The molecular formula is C21H19FN4O2. The molecule has 4 aromatic rings. The smallest absolute Gasteiger partial charge is 0.344 e. The Kier molecular flexibility index (Phi) is 4.43. The van der Waals surface area contributed by atoms with Crippen LogP contribution in [0.5, 0.6) is 0 Å². The summed E-state index contributed by atoms with van der Waals surface area (Å²) in [4.78, 5) is 21.9. The summed E-state index contributed by atoms with van der Waals surface area (Å²) in [6.07, 6.45) is 0.683. The van der Waals surface area contributed by atoms with Crippen LogP contribution in [-0.4, -0.2) is 27.1 Å². The van der Waals surface area contributed by atoms with E-state index in [0.29, 0.717) is 39.9 Å². The molecule has 142 valence electrons. The van der Waals surface area contributed by atoms with Gasteiger partial charge in [-0.05, 0) is 43.2 Å². The first-order valence-corrected chi connectivity index (χ1v) is 9.01. The molecule has 0 amide bonds. The van der Waals surface area contributed by atoms with E-state index in [-0.39, 0.29) is 23.8 Å². The van der Waals surface area contributed by atoms with Gasteiger partial charge < -0.3 is 10.5 Å². The minimum Gasteiger partial charge on any atom is -0.462 e. The van der Waals surface area contributed by atoms with E-state index >= 15 is 0 Å². The molecule has 0 fully saturated rings. The van der Waals surface area contributed by atoms with Crippen LogP contribution in [0.25, 0.3) is 27.9 Å². The Bertz CT molecular complexity index is 1220. The van der Waals surface area contributed by atoms with Crippen molar-refractivity contribution in [3.63, 3.8) is 0 Å². The van der Waals surface area contributed by atoms with Crippen molar-refractivity contribution in [1.82, 2.24) is 14.5 Å². The van der Waals surface area contributed by atoms with Crippen LogP contribution in [0.4, 0.5) is 10.2 Å². The molecule has 0 aliphatic heterocycles. The topological polar surface area (TPSA) is 83.0 Å². The normalized spacial score (nSPS) is 11.2. The molecule has 6 nitrogen and oxygen atoms in total. The number of hydrogen-bond donors (Lipinski definition) is 1. The molecule has 4 rings (SSSR count). The van der Waals surface area contributed by atoms with E-state index in [4.69, 9.17) is 10.5 Å². The van der Waals surface area contributed by atoms with Crippen LogP contribution in [0.3, 0.4) is 0 Å². The van der Waals surface area contributed by atoms with E-state index in [9.17, 15) is 9.18 Å². The van der Waals surface area contributed by atoms with Gasteiger partial charge in [0.25, 0.3) is 0 Å². The summed E-state index contributed by atoms with van der Waals surface area (Å²) in [5.41, 5.74) is 9.44. The number of aromatic nitrogens is 3. The van der Waals surface area contributed by atoms with Crippen molar-refractivity contribution in [2.45, 2.75) is 20.3 Å². The molecule has 2 aromatic carbocycles. The van der Waals surface area contributed by atoms with E-state index in [2.05, 4.69) is 9.97 Å². The number of nitrogen functional groups attached to an aromatic ring is 1. The van der Waals surface area contributed by atoms with Crippen LogP contribution in [0, 0.1) is 12.7 Å². The average molecular weight is 378 g/mol. The van der Waals surface area contributed by atoms with Gasteiger partial charge >= 0.3 is 5.97 Å². The summed E-state index contributed by atoms with van der Waals surface area (Å²) in [6, 6.07) is 12.1. The number of rotatable bonds is 4. The number of carbonyl (C=O) groups excluding carboxylic acids is 1. The van der Waals surface area contributed by atoms with E-state index in [0.717, 1.165) is 0 Å². The highest BCUT2D eigenvalue weighted by molar-refractivity contribution is 6.09. The second kappa shape index (κ2) is 6.92. The van der Waals surface area contributed by atoms with Crippen LogP contribution >= 0.6 is 0 Å². The fourth-order valence-electron chi connectivity index (χ4n) is 3.11. The van der Waals surface area contributed by atoms with Gasteiger partial charge in [-0.3, -0.25) is 4.57 Å². The number of aryl methyl sites for hydroxylation is 1. The predicted molar refractivity (Wildman–Crippen MR) is 106 cm³/mol. The van der Waals surface area contributed by atoms with Gasteiger partial charge in [-0.1, -0.05) is 25.1 Å². The quantitative estimate of drug-likeness (QED) is 0.539. The second-order valence-electron chi connectivity index (χ2n) is 6.55. The van der Waals surface area contributed by atoms with Crippen molar-refractivity contribution >= 4 is 34.0 Å². The number of anilines is 1.